The van der Waals surface area contributed by atoms with E-state index in [1.54, 1.807) is 0 Å². The molecular formula is C18H16O2. The lowest BCUT2D eigenvalue weighted by Crippen LogP contribution is -2.20. The molecule has 1 atom stereocenters. The van der Waals surface area contributed by atoms with Crippen molar-refractivity contribution in [2.24, 2.45) is 0 Å². The van der Waals surface area contributed by atoms with Crippen LogP contribution in [-0.4, -0.2) is 5.78 Å². The van der Waals surface area contributed by atoms with Crippen LogP contribution in [0.5, 0.6) is 5.75 Å². The van der Waals surface area contributed by atoms with E-state index in [1.165, 1.54) is 0 Å². The highest BCUT2D eigenvalue weighted by atomic mass is 16.5. The minimum atomic E-state index is -0.192. The average molecular weight is 264 g/mol. The SMILES string of the molecule is CC=Cc1cccc2c1OC(c1ccccc1)CC2=O. The number of hydrogen-bond donors (Lipinski definition) is 0. The summed E-state index contributed by atoms with van der Waals surface area (Å²) in [6.07, 6.45) is 4.13. The van der Waals surface area contributed by atoms with Gasteiger partial charge in [0.05, 0.1) is 12.0 Å². The summed E-state index contributed by atoms with van der Waals surface area (Å²) in [6.45, 7) is 1.96. The van der Waals surface area contributed by atoms with E-state index >= 15 is 0 Å². The van der Waals surface area contributed by atoms with Crippen molar-refractivity contribution in [2.45, 2.75) is 19.4 Å². The van der Waals surface area contributed by atoms with Crippen molar-refractivity contribution in [2.75, 3.05) is 0 Å². The molecule has 2 nitrogen and oxygen atoms in total. The molecule has 0 saturated heterocycles. The number of ether oxygens (including phenoxy) is 1. The molecule has 0 aliphatic carbocycles. The van der Waals surface area contributed by atoms with Crippen LogP contribution in [0.25, 0.3) is 6.08 Å². The molecule has 0 fully saturated rings. The fourth-order valence-electron chi connectivity index (χ4n) is 2.53. The van der Waals surface area contributed by atoms with E-state index in [1.807, 2.05) is 67.6 Å². The Bertz CT molecular complexity index is 656. The third-order valence-electron chi connectivity index (χ3n) is 3.49. The van der Waals surface area contributed by atoms with Crippen LogP contribution in [0.1, 0.15) is 40.9 Å². The summed E-state index contributed by atoms with van der Waals surface area (Å²) in [6, 6.07) is 15.6. The summed E-state index contributed by atoms with van der Waals surface area (Å²) >= 11 is 0. The molecule has 0 spiro atoms. The molecule has 1 aliphatic heterocycles. The Morgan fingerprint density at radius 1 is 1.10 bits per heavy atom. The maximum absolute atomic E-state index is 12.3. The zero-order chi connectivity index (χ0) is 13.9. The number of benzene rings is 2. The van der Waals surface area contributed by atoms with Gasteiger partial charge in [0.25, 0.3) is 0 Å². The van der Waals surface area contributed by atoms with Crippen LogP contribution < -0.4 is 4.74 Å². The van der Waals surface area contributed by atoms with Crippen LogP contribution in [0, 0.1) is 0 Å². The fourth-order valence-corrected chi connectivity index (χ4v) is 2.53. The maximum Gasteiger partial charge on any atom is 0.170 e. The standard InChI is InChI=1S/C18H16O2/c1-2-7-14-10-6-11-15-16(19)12-17(20-18(14)15)13-8-4-3-5-9-13/h2-11,17H,12H2,1H3. The topological polar surface area (TPSA) is 26.3 Å². The summed E-state index contributed by atoms with van der Waals surface area (Å²) in [5, 5.41) is 0. The number of fused-ring (bicyclic) bond motifs is 1. The molecule has 0 amide bonds. The number of para-hydroxylation sites is 1. The highest BCUT2D eigenvalue weighted by molar-refractivity contribution is 6.01. The molecular weight excluding hydrogens is 248 g/mol. The number of carbonyl (C=O) groups is 1. The van der Waals surface area contributed by atoms with Gasteiger partial charge in [-0.3, -0.25) is 4.79 Å². The Morgan fingerprint density at radius 3 is 2.65 bits per heavy atom. The van der Waals surface area contributed by atoms with Gasteiger partial charge in [-0.15, -0.1) is 0 Å². The molecule has 0 bridgehead atoms. The van der Waals surface area contributed by atoms with Crippen LogP contribution >= 0.6 is 0 Å². The molecule has 0 saturated carbocycles. The number of Topliss-reactive ketones (excluding diaryl/α,β-unsaturated/α-hetero) is 1. The lowest BCUT2D eigenvalue weighted by molar-refractivity contribution is 0.0849. The van der Waals surface area contributed by atoms with E-state index in [9.17, 15) is 4.79 Å². The summed E-state index contributed by atoms with van der Waals surface area (Å²) in [5.74, 6) is 0.849. The quantitative estimate of drug-likeness (QED) is 0.802. The third-order valence-corrected chi connectivity index (χ3v) is 3.49. The minimum absolute atomic E-state index is 0.145. The van der Waals surface area contributed by atoms with Crippen molar-refractivity contribution in [1.82, 2.24) is 0 Å². The van der Waals surface area contributed by atoms with Gasteiger partial charge >= 0.3 is 0 Å². The summed E-state index contributed by atoms with van der Waals surface area (Å²) < 4.78 is 6.10. The Balaban J connectivity index is 2.03. The number of hydrogen-bond acceptors (Lipinski definition) is 2. The van der Waals surface area contributed by atoms with E-state index in [0.717, 1.165) is 11.1 Å². The summed E-state index contributed by atoms with van der Waals surface area (Å²) in [7, 11) is 0. The van der Waals surface area contributed by atoms with Gasteiger partial charge in [-0.1, -0.05) is 54.6 Å². The third kappa shape index (κ3) is 2.25. The number of allylic oxidation sites excluding steroid dienone is 1. The van der Waals surface area contributed by atoms with Crippen molar-refractivity contribution in [3.8, 4) is 5.75 Å². The highest BCUT2D eigenvalue weighted by Crippen LogP contribution is 2.37. The molecule has 0 radical (unpaired) electrons. The smallest absolute Gasteiger partial charge is 0.170 e. The van der Waals surface area contributed by atoms with Gasteiger partial charge in [0.15, 0.2) is 5.78 Å². The number of rotatable bonds is 2. The summed E-state index contributed by atoms with van der Waals surface area (Å²) in [4.78, 5) is 12.3. The normalized spacial score (nSPS) is 17.9. The largest absolute Gasteiger partial charge is 0.484 e. The van der Waals surface area contributed by atoms with Crippen LogP contribution in [0.15, 0.2) is 54.6 Å². The Kier molecular flexibility index (Phi) is 3.38. The van der Waals surface area contributed by atoms with E-state index in [-0.39, 0.29) is 11.9 Å². The summed E-state index contributed by atoms with van der Waals surface area (Å²) in [5.41, 5.74) is 2.69. The van der Waals surface area contributed by atoms with Gasteiger partial charge in [-0.05, 0) is 18.6 Å². The Hall–Kier alpha value is -2.35. The van der Waals surface area contributed by atoms with Crippen LogP contribution in [-0.2, 0) is 0 Å². The molecule has 1 heterocycles. The van der Waals surface area contributed by atoms with Crippen LogP contribution in [0.4, 0.5) is 0 Å². The first-order chi connectivity index (χ1) is 9.79. The van der Waals surface area contributed by atoms with Gasteiger partial charge in [0, 0.05) is 5.56 Å². The molecule has 2 aromatic rings. The van der Waals surface area contributed by atoms with E-state index < -0.39 is 0 Å². The van der Waals surface area contributed by atoms with E-state index in [2.05, 4.69) is 0 Å². The lowest BCUT2D eigenvalue weighted by Gasteiger charge is -2.26. The molecule has 2 heteroatoms. The first-order valence-electron chi connectivity index (χ1n) is 6.80. The maximum atomic E-state index is 12.3. The zero-order valence-electron chi connectivity index (χ0n) is 11.4. The van der Waals surface area contributed by atoms with Crippen LogP contribution in [0.2, 0.25) is 0 Å². The highest BCUT2D eigenvalue weighted by Gasteiger charge is 2.28. The molecule has 20 heavy (non-hydrogen) atoms. The molecule has 1 aliphatic rings. The van der Waals surface area contributed by atoms with Crippen molar-refractivity contribution >= 4 is 11.9 Å². The fraction of sp³-hybridized carbons (Fsp3) is 0.167. The second-order valence-electron chi connectivity index (χ2n) is 4.87. The van der Waals surface area contributed by atoms with Crippen molar-refractivity contribution in [1.29, 1.82) is 0 Å². The molecule has 1 unspecified atom stereocenters. The molecule has 0 N–H and O–H groups in total. The number of ketones is 1. The van der Waals surface area contributed by atoms with Gasteiger partial charge in [0.1, 0.15) is 11.9 Å². The van der Waals surface area contributed by atoms with Crippen LogP contribution in [0.3, 0.4) is 0 Å². The average Bonchev–Trinajstić information content (AvgIpc) is 2.49. The molecule has 100 valence electrons. The van der Waals surface area contributed by atoms with Gasteiger partial charge in [-0.25, -0.2) is 0 Å². The van der Waals surface area contributed by atoms with Crippen molar-refractivity contribution in [3.63, 3.8) is 0 Å². The van der Waals surface area contributed by atoms with Gasteiger partial charge in [0.2, 0.25) is 0 Å². The van der Waals surface area contributed by atoms with Crippen molar-refractivity contribution in [3.05, 3.63) is 71.3 Å². The molecule has 2 aromatic carbocycles. The van der Waals surface area contributed by atoms with Gasteiger partial charge < -0.3 is 4.74 Å². The van der Waals surface area contributed by atoms with Gasteiger partial charge in [-0.2, -0.15) is 0 Å². The monoisotopic (exact) mass is 264 g/mol. The first kappa shape index (κ1) is 12.7. The minimum Gasteiger partial charge on any atom is -0.484 e. The zero-order valence-corrected chi connectivity index (χ0v) is 11.4. The first-order valence-corrected chi connectivity index (χ1v) is 6.80. The molecule has 3 rings (SSSR count). The second-order valence-corrected chi connectivity index (χ2v) is 4.87. The second kappa shape index (κ2) is 5.33. The van der Waals surface area contributed by atoms with Crippen molar-refractivity contribution < 1.29 is 9.53 Å². The Labute approximate surface area is 118 Å². The number of carbonyl (C=O) groups excluding carboxylic acids is 1. The predicted octanol–water partition coefficient (Wildman–Crippen LogP) is 4.43. The molecule has 0 aromatic heterocycles. The van der Waals surface area contributed by atoms with E-state index in [0.29, 0.717) is 17.7 Å². The lowest BCUT2D eigenvalue weighted by atomic mass is 9.94. The predicted molar refractivity (Wildman–Crippen MR) is 79.9 cm³/mol. The van der Waals surface area contributed by atoms with E-state index in [4.69, 9.17) is 4.74 Å². The Morgan fingerprint density at radius 2 is 1.90 bits per heavy atom.